The van der Waals surface area contributed by atoms with Gasteiger partial charge in [0.1, 0.15) is 0 Å². The first-order valence-electron chi connectivity index (χ1n) is 10.0. The first-order valence-corrected chi connectivity index (χ1v) is 10.0. The van der Waals surface area contributed by atoms with Gasteiger partial charge in [-0.2, -0.15) is 0 Å². The first kappa shape index (κ1) is 20.1. The minimum atomic E-state index is 0.0942. The SMILES string of the molecule is CC(=O)c1c(C)cc(C)c(CNc2cccc(C)c2C(=O)N2CCCC2)c1C. The summed E-state index contributed by atoms with van der Waals surface area (Å²) in [6.07, 6.45) is 2.16. The minimum absolute atomic E-state index is 0.0942. The molecule has 1 N–H and O–H groups in total. The summed E-state index contributed by atoms with van der Waals surface area (Å²) in [4.78, 5) is 27.1. The highest BCUT2D eigenvalue weighted by molar-refractivity contribution is 6.01. The molecule has 1 saturated heterocycles. The van der Waals surface area contributed by atoms with Gasteiger partial charge in [-0.1, -0.05) is 18.2 Å². The Bertz CT molecular complexity index is 925. The fraction of sp³-hybridized carbons (Fsp3) is 0.417. The summed E-state index contributed by atoms with van der Waals surface area (Å²) in [5.74, 6) is 0.205. The molecule has 0 bridgehead atoms. The number of hydrogen-bond donors (Lipinski definition) is 1. The number of rotatable bonds is 5. The standard InChI is InChI=1S/C24H30N2O2/c1-15-9-8-10-21(23(15)24(28)26-11-6-7-12-26)25-14-20-16(2)13-17(3)22(18(20)4)19(5)27/h8-10,13,25H,6-7,11-12,14H2,1-5H3. The average molecular weight is 379 g/mol. The van der Waals surface area contributed by atoms with Gasteiger partial charge in [0, 0.05) is 30.9 Å². The lowest BCUT2D eigenvalue weighted by molar-refractivity contribution is 0.0792. The second-order valence-electron chi connectivity index (χ2n) is 7.90. The van der Waals surface area contributed by atoms with Gasteiger partial charge >= 0.3 is 0 Å². The van der Waals surface area contributed by atoms with E-state index in [1.165, 1.54) is 0 Å². The molecule has 0 radical (unpaired) electrons. The fourth-order valence-electron chi connectivity index (χ4n) is 4.40. The second kappa shape index (κ2) is 8.17. The van der Waals surface area contributed by atoms with Crippen LogP contribution in [0.25, 0.3) is 0 Å². The molecule has 2 aromatic carbocycles. The van der Waals surface area contributed by atoms with Crippen molar-refractivity contribution >= 4 is 17.4 Å². The summed E-state index contributed by atoms with van der Waals surface area (Å²) in [5.41, 5.74) is 7.75. The number of carbonyl (C=O) groups excluding carboxylic acids is 2. The quantitative estimate of drug-likeness (QED) is 0.747. The van der Waals surface area contributed by atoms with Crippen LogP contribution in [0.1, 0.15) is 68.3 Å². The van der Waals surface area contributed by atoms with E-state index in [0.29, 0.717) is 6.54 Å². The third-order valence-corrected chi connectivity index (χ3v) is 5.82. The van der Waals surface area contributed by atoms with Crippen molar-refractivity contribution in [1.29, 1.82) is 0 Å². The minimum Gasteiger partial charge on any atom is -0.380 e. The second-order valence-corrected chi connectivity index (χ2v) is 7.90. The van der Waals surface area contributed by atoms with Crippen LogP contribution in [0.4, 0.5) is 5.69 Å². The molecule has 1 fully saturated rings. The Morgan fingerprint density at radius 1 is 0.964 bits per heavy atom. The van der Waals surface area contributed by atoms with E-state index in [4.69, 9.17) is 0 Å². The third kappa shape index (κ3) is 3.82. The van der Waals surface area contributed by atoms with Crippen molar-refractivity contribution in [1.82, 2.24) is 4.90 Å². The van der Waals surface area contributed by atoms with Crippen LogP contribution in [-0.4, -0.2) is 29.7 Å². The molecule has 3 rings (SSSR count). The molecule has 28 heavy (non-hydrogen) atoms. The van der Waals surface area contributed by atoms with Gasteiger partial charge in [-0.3, -0.25) is 9.59 Å². The van der Waals surface area contributed by atoms with Crippen molar-refractivity contribution < 1.29 is 9.59 Å². The lowest BCUT2D eigenvalue weighted by Gasteiger charge is -2.21. The number of ketones is 1. The molecule has 1 aliphatic rings. The van der Waals surface area contributed by atoms with E-state index in [2.05, 4.69) is 18.3 Å². The number of hydrogen-bond acceptors (Lipinski definition) is 3. The monoisotopic (exact) mass is 378 g/mol. The molecule has 4 heteroatoms. The van der Waals surface area contributed by atoms with E-state index in [1.807, 2.05) is 43.9 Å². The average Bonchev–Trinajstić information content (AvgIpc) is 3.15. The number of benzene rings is 2. The number of nitrogens with one attached hydrogen (secondary N) is 1. The van der Waals surface area contributed by atoms with Gasteiger partial charge in [-0.15, -0.1) is 0 Å². The number of anilines is 1. The molecule has 0 aliphatic carbocycles. The van der Waals surface area contributed by atoms with Gasteiger partial charge in [0.25, 0.3) is 5.91 Å². The van der Waals surface area contributed by atoms with Gasteiger partial charge in [-0.05, 0) is 81.3 Å². The van der Waals surface area contributed by atoms with Crippen LogP contribution >= 0.6 is 0 Å². The summed E-state index contributed by atoms with van der Waals surface area (Å²) in [7, 11) is 0. The predicted molar refractivity (Wildman–Crippen MR) is 114 cm³/mol. The summed E-state index contributed by atoms with van der Waals surface area (Å²) < 4.78 is 0. The Balaban J connectivity index is 1.92. The lowest BCUT2D eigenvalue weighted by Crippen LogP contribution is -2.29. The number of amides is 1. The molecule has 0 unspecified atom stereocenters. The molecule has 1 aliphatic heterocycles. The van der Waals surface area contributed by atoms with Gasteiger partial charge in [0.2, 0.25) is 0 Å². The third-order valence-electron chi connectivity index (χ3n) is 5.82. The van der Waals surface area contributed by atoms with Crippen LogP contribution in [0.2, 0.25) is 0 Å². The van der Waals surface area contributed by atoms with Gasteiger partial charge in [0.15, 0.2) is 5.78 Å². The smallest absolute Gasteiger partial charge is 0.256 e. The maximum atomic E-state index is 13.1. The molecule has 1 heterocycles. The van der Waals surface area contributed by atoms with E-state index in [-0.39, 0.29) is 11.7 Å². The molecule has 0 atom stereocenters. The van der Waals surface area contributed by atoms with Gasteiger partial charge in [0.05, 0.1) is 5.56 Å². The van der Waals surface area contributed by atoms with E-state index in [1.54, 1.807) is 6.92 Å². The summed E-state index contributed by atoms with van der Waals surface area (Å²) >= 11 is 0. The van der Waals surface area contributed by atoms with E-state index in [9.17, 15) is 9.59 Å². The van der Waals surface area contributed by atoms with E-state index >= 15 is 0 Å². The number of Topliss-reactive ketones (excluding diaryl/α,β-unsaturated/α-hetero) is 1. The lowest BCUT2D eigenvalue weighted by atomic mass is 9.91. The summed E-state index contributed by atoms with van der Waals surface area (Å²) in [6, 6.07) is 8.02. The van der Waals surface area contributed by atoms with E-state index in [0.717, 1.165) is 70.6 Å². The highest BCUT2D eigenvalue weighted by Crippen LogP contribution is 2.27. The Kier molecular flexibility index (Phi) is 5.87. The van der Waals surface area contributed by atoms with Crippen LogP contribution in [0.5, 0.6) is 0 Å². The fourth-order valence-corrected chi connectivity index (χ4v) is 4.40. The van der Waals surface area contributed by atoms with Crippen molar-refractivity contribution in [3.63, 3.8) is 0 Å². The van der Waals surface area contributed by atoms with Crippen molar-refractivity contribution in [3.05, 3.63) is 63.2 Å². The van der Waals surface area contributed by atoms with Crippen LogP contribution in [-0.2, 0) is 6.54 Å². The van der Waals surface area contributed by atoms with Crippen molar-refractivity contribution in [2.75, 3.05) is 18.4 Å². The molecule has 4 nitrogen and oxygen atoms in total. The topological polar surface area (TPSA) is 49.4 Å². The highest BCUT2D eigenvalue weighted by Gasteiger charge is 2.23. The Morgan fingerprint density at radius 3 is 2.29 bits per heavy atom. The summed E-state index contributed by atoms with van der Waals surface area (Å²) in [6.45, 7) is 12.0. The van der Waals surface area contributed by atoms with Crippen molar-refractivity contribution in [3.8, 4) is 0 Å². The van der Waals surface area contributed by atoms with Gasteiger partial charge in [-0.25, -0.2) is 0 Å². The molecular weight excluding hydrogens is 348 g/mol. The zero-order valence-electron chi connectivity index (χ0n) is 17.6. The zero-order valence-corrected chi connectivity index (χ0v) is 17.6. The maximum Gasteiger partial charge on any atom is 0.256 e. The molecule has 2 aromatic rings. The Hall–Kier alpha value is -2.62. The molecule has 1 amide bonds. The van der Waals surface area contributed by atoms with E-state index < -0.39 is 0 Å². The van der Waals surface area contributed by atoms with Crippen molar-refractivity contribution in [2.45, 2.75) is 54.0 Å². The molecule has 0 aromatic heterocycles. The number of carbonyl (C=O) groups is 2. The maximum absolute atomic E-state index is 13.1. The van der Waals surface area contributed by atoms with Crippen LogP contribution in [0, 0.1) is 27.7 Å². The molecule has 0 saturated carbocycles. The number of nitrogens with zero attached hydrogens (tertiary/aromatic N) is 1. The summed E-state index contributed by atoms with van der Waals surface area (Å²) in [5, 5.41) is 3.48. The van der Waals surface area contributed by atoms with Crippen LogP contribution in [0.3, 0.4) is 0 Å². The predicted octanol–water partition coefficient (Wildman–Crippen LogP) is 4.97. The Labute approximate surface area is 167 Å². The molecule has 148 valence electrons. The highest BCUT2D eigenvalue weighted by atomic mass is 16.2. The molecule has 0 spiro atoms. The van der Waals surface area contributed by atoms with Gasteiger partial charge < -0.3 is 10.2 Å². The molecular formula is C24H30N2O2. The Morgan fingerprint density at radius 2 is 1.64 bits per heavy atom. The van der Waals surface area contributed by atoms with Crippen molar-refractivity contribution in [2.24, 2.45) is 0 Å². The normalized spacial score (nSPS) is 13.7. The van der Waals surface area contributed by atoms with Crippen LogP contribution in [0.15, 0.2) is 24.3 Å². The van der Waals surface area contributed by atoms with Crippen LogP contribution < -0.4 is 5.32 Å². The zero-order chi connectivity index (χ0) is 20.4. The first-order chi connectivity index (χ1) is 13.3. The number of aryl methyl sites for hydroxylation is 3. The number of likely N-dealkylation sites (tertiary alicyclic amines) is 1. The largest absolute Gasteiger partial charge is 0.380 e.